The third-order valence-corrected chi connectivity index (χ3v) is 2.74. The fourth-order valence-electron chi connectivity index (χ4n) is 1.62. The van der Waals surface area contributed by atoms with E-state index in [1.54, 1.807) is 0 Å². The van der Waals surface area contributed by atoms with E-state index in [-0.39, 0.29) is 17.4 Å². The Labute approximate surface area is 129 Å². The Morgan fingerprint density at radius 1 is 1.10 bits per heavy atom. The fourth-order valence-corrected chi connectivity index (χ4v) is 1.78. The van der Waals surface area contributed by atoms with Crippen LogP contribution in [0, 0.1) is 0 Å². The number of hydrogen-bond acceptors (Lipinski definition) is 6. The van der Waals surface area contributed by atoms with Crippen LogP contribution in [0.1, 0.15) is 13.8 Å². The van der Waals surface area contributed by atoms with Gasteiger partial charge in [-0.1, -0.05) is 0 Å². The normalized spacial score (nSPS) is 10.6. The van der Waals surface area contributed by atoms with Crippen LogP contribution in [-0.2, 0) is 0 Å². The van der Waals surface area contributed by atoms with E-state index in [0.717, 1.165) is 11.4 Å². The molecule has 7 heteroatoms. The molecular weight excluding hydrogens is 290 g/mol. The Kier molecular flexibility index (Phi) is 4.80. The summed E-state index contributed by atoms with van der Waals surface area (Å²) in [4.78, 5) is 14.2. The summed E-state index contributed by atoms with van der Waals surface area (Å²) in [6.07, 6.45) is -0.0318. The van der Waals surface area contributed by atoms with E-state index in [1.165, 1.54) is 0 Å². The number of halogens is 1. The number of aromatic nitrogens is 3. The van der Waals surface area contributed by atoms with Crippen molar-refractivity contribution >= 4 is 28.9 Å². The van der Waals surface area contributed by atoms with Gasteiger partial charge in [0.2, 0.25) is 11.2 Å². The van der Waals surface area contributed by atoms with Gasteiger partial charge in [0, 0.05) is 25.5 Å². The summed E-state index contributed by atoms with van der Waals surface area (Å²) in [5.74, 6) is 0.350. The molecule has 1 aromatic heterocycles. The van der Waals surface area contributed by atoms with Gasteiger partial charge in [-0.15, -0.1) is 0 Å². The highest BCUT2D eigenvalue weighted by atomic mass is 35.5. The van der Waals surface area contributed by atoms with Gasteiger partial charge >= 0.3 is 6.01 Å². The van der Waals surface area contributed by atoms with Crippen LogP contribution in [0.2, 0.25) is 5.28 Å². The summed E-state index contributed by atoms with van der Waals surface area (Å²) in [7, 11) is 3.98. The largest absolute Gasteiger partial charge is 0.461 e. The van der Waals surface area contributed by atoms with Crippen LogP contribution in [0.3, 0.4) is 0 Å². The van der Waals surface area contributed by atoms with E-state index in [4.69, 9.17) is 16.3 Å². The van der Waals surface area contributed by atoms with Gasteiger partial charge in [-0.05, 0) is 49.7 Å². The topological polar surface area (TPSA) is 63.2 Å². The van der Waals surface area contributed by atoms with Crippen LogP contribution in [0.5, 0.6) is 6.01 Å². The maximum Gasteiger partial charge on any atom is 0.322 e. The third kappa shape index (κ3) is 4.46. The first-order chi connectivity index (χ1) is 9.94. The van der Waals surface area contributed by atoms with Gasteiger partial charge in [0.1, 0.15) is 0 Å². The minimum absolute atomic E-state index is 0.0318. The third-order valence-electron chi connectivity index (χ3n) is 2.57. The second kappa shape index (κ2) is 6.58. The van der Waals surface area contributed by atoms with Gasteiger partial charge in [0.15, 0.2) is 0 Å². The molecule has 0 spiro atoms. The molecule has 0 saturated carbocycles. The van der Waals surface area contributed by atoms with Gasteiger partial charge in [-0.3, -0.25) is 0 Å². The van der Waals surface area contributed by atoms with Crippen molar-refractivity contribution in [3.05, 3.63) is 29.5 Å². The van der Waals surface area contributed by atoms with Crippen molar-refractivity contribution in [1.29, 1.82) is 0 Å². The van der Waals surface area contributed by atoms with Crippen LogP contribution in [0.4, 0.5) is 17.3 Å². The molecule has 1 aromatic carbocycles. The van der Waals surface area contributed by atoms with E-state index >= 15 is 0 Å². The summed E-state index contributed by atoms with van der Waals surface area (Å²) in [6, 6.07) is 8.08. The van der Waals surface area contributed by atoms with Crippen molar-refractivity contribution in [3.8, 4) is 6.01 Å². The van der Waals surface area contributed by atoms with Crippen LogP contribution in [0.25, 0.3) is 0 Å². The summed E-state index contributed by atoms with van der Waals surface area (Å²) in [6.45, 7) is 3.79. The van der Waals surface area contributed by atoms with Crippen LogP contribution in [0.15, 0.2) is 24.3 Å². The maximum absolute atomic E-state index is 5.88. The molecule has 0 aliphatic rings. The van der Waals surface area contributed by atoms with Gasteiger partial charge < -0.3 is 15.0 Å². The summed E-state index contributed by atoms with van der Waals surface area (Å²) in [5.41, 5.74) is 1.97. The molecule has 1 heterocycles. The molecule has 0 amide bonds. The Morgan fingerprint density at radius 3 is 2.33 bits per heavy atom. The van der Waals surface area contributed by atoms with E-state index in [1.807, 2.05) is 57.1 Å². The molecule has 0 atom stereocenters. The zero-order valence-electron chi connectivity index (χ0n) is 12.5. The number of hydrogen-bond donors (Lipinski definition) is 1. The second-order valence-electron chi connectivity index (χ2n) is 4.94. The van der Waals surface area contributed by atoms with Crippen LogP contribution < -0.4 is 15.0 Å². The molecule has 1 N–H and O–H groups in total. The molecule has 21 heavy (non-hydrogen) atoms. The van der Waals surface area contributed by atoms with E-state index < -0.39 is 0 Å². The zero-order valence-corrected chi connectivity index (χ0v) is 13.2. The minimum Gasteiger partial charge on any atom is -0.461 e. The number of benzene rings is 1. The molecule has 2 rings (SSSR count). The molecule has 0 saturated heterocycles. The quantitative estimate of drug-likeness (QED) is 0.915. The minimum atomic E-state index is -0.0318. The molecule has 2 aromatic rings. The lowest BCUT2D eigenvalue weighted by Crippen LogP contribution is -2.10. The first-order valence-corrected chi connectivity index (χ1v) is 6.94. The molecule has 0 aliphatic carbocycles. The first kappa shape index (κ1) is 15.3. The molecule has 0 fully saturated rings. The summed E-state index contributed by atoms with van der Waals surface area (Å²) in [5, 5.41) is 3.17. The standard InChI is InChI=1S/C14H18ClN5O/c1-9(2)21-14-18-12(15)17-13(19-14)16-10-5-7-11(8-6-10)20(3)4/h5-9H,1-4H3,(H,16,17,18,19). The van der Waals surface area contributed by atoms with Crippen molar-refractivity contribution in [3.63, 3.8) is 0 Å². The maximum atomic E-state index is 5.88. The van der Waals surface area contributed by atoms with E-state index in [9.17, 15) is 0 Å². The Bertz CT molecular complexity index is 601. The predicted octanol–water partition coefficient (Wildman–Crippen LogP) is 3.12. The van der Waals surface area contributed by atoms with Crippen molar-refractivity contribution in [1.82, 2.24) is 15.0 Å². The lowest BCUT2D eigenvalue weighted by atomic mass is 10.2. The first-order valence-electron chi connectivity index (χ1n) is 6.56. The van der Waals surface area contributed by atoms with Crippen molar-refractivity contribution in [2.24, 2.45) is 0 Å². The lowest BCUT2D eigenvalue weighted by Gasteiger charge is -2.13. The second-order valence-corrected chi connectivity index (χ2v) is 5.28. The Morgan fingerprint density at radius 2 is 1.76 bits per heavy atom. The smallest absolute Gasteiger partial charge is 0.322 e. The number of ether oxygens (including phenoxy) is 1. The van der Waals surface area contributed by atoms with Crippen molar-refractivity contribution < 1.29 is 4.74 Å². The predicted molar refractivity (Wildman–Crippen MR) is 84.7 cm³/mol. The van der Waals surface area contributed by atoms with Gasteiger partial charge in [0.25, 0.3) is 0 Å². The summed E-state index contributed by atoms with van der Waals surface area (Å²) >= 11 is 5.88. The molecule has 6 nitrogen and oxygen atoms in total. The fraction of sp³-hybridized carbons (Fsp3) is 0.357. The van der Waals surface area contributed by atoms with E-state index in [0.29, 0.717) is 5.95 Å². The van der Waals surface area contributed by atoms with E-state index in [2.05, 4.69) is 20.3 Å². The zero-order chi connectivity index (χ0) is 15.4. The number of rotatable bonds is 5. The Balaban J connectivity index is 2.16. The van der Waals surface area contributed by atoms with Crippen LogP contribution >= 0.6 is 11.6 Å². The number of anilines is 3. The van der Waals surface area contributed by atoms with Crippen LogP contribution in [-0.4, -0.2) is 35.2 Å². The number of nitrogens with one attached hydrogen (secondary N) is 1. The Hall–Kier alpha value is -2.08. The molecule has 0 bridgehead atoms. The average molecular weight is 308 g/mol. The van der Waals surface area contributed by atoms with Crippen molar-refractivity contribution in [2.45, 2.75) is 20.0 Å². The molecule has 112 valence electrons. The van der Waals surface area contributed by atoms with Gasteiger partial charge in [0.05, 0.1) is 6.10 Å². The number of nitrogens with zero attached hydrogens (tertiary/aromatic N) is 4. The highest BCUT2D eigenvalue weighted by Crippen LogP contribution is 2.20. The molecule has 0 radical (unpaired) electrons. The van der Waals surface area contributed by atoms with Gasteiger partial charge in [-0.2, -0.15) is 15.0 Å². The van der Waals surface area contributed by atoms with Gasteiger partial charge in [-0.25, -0.2) is 0 Å². The highest BCUT2D eigenvalue weighted by molar-refractivity contribution is 6.28. The summed E-state index contributed by atoms with van der Waals surface area (Å²) < 4.78 is 5.43. The average Bonchev–Trinajstić information content (AvgIpc) is 2.37. The SMILES string of the molecule is CC(C)Oc1nc(Cl)nc(Nc2ccc(N(C)C)cc2)n1. The lowest BCUT2D eigenvalue weighted by molar-refractivity contribution is 0.222. The monoisotopic (exact) mass is 307 g/mol. The molecular formula is C14H18ClN5O. The molecule has 0 unspecified atom stereocenters. The molecule has 0 aliphatic heterocycles. The van der Waals surface area contributed by atoms with Crippen molar-refractivity contribution in [2.75, 3.05) is 24.3 Å². The highest BCUT2D eigenvalue weighted by Gasteiger charge is 2.08.